The Kier molecular flexibility index (Phi) is 4.85. The molecule has 2 aliphatic heterocycles. The minimum atomic E-state index is -4.44. The van der Waals surface area contributed by atoms with Gasteiger partial charge in [0, 0.05) is 37.6 Å². The number of nitrogens with zero attached hydrogens (tertiary/aromatic N) is 3. The normalized spacial score (nSPS) is 23.0. The zero-order valence-corrected chi connectivity index (χ0v) is 13.7. The van der Waals surface area contributed by atoms with Crippen LogP contribution in [0.4, 0.5) is 13.2 Å². The molecule has 0 spiro atoms. The molecule has 0 bridgehead atoms. The number of ether oxygens (including phenoxy) is 1. The molecule has 3 rings (SSSR count). The van der Waals surface area contributed by atoms with Crippen LogP contribution in [0.15, 0.2) is 6.20 Å². The predicted molar refractivity (Wildman–Crippen MR) is 80.4 cm³/mol. The van der Waals surface area contributed by atoms with Gasteiger partial charge in [0.15, 0.2) is 0 Å². The first-order chi connectivity index (χ1) is 11.3. The summed E-state index contributed by atoms with van der Waals surface area (Å²) in [5, 5.41) is 0. The summed E-state index contributed by atoms with van der Waals surface area (Å²) in [7, 11) is 0. The largest absolute Gasteiger partial charge is 0.397 e. The molecule has 0 N–H and O–H groups in total. The van der Waals surface area contributed by atoms with Crippen LogP contribution < -0.4 is 0 Å². The smallest absolute Gasteiger partial charge is 0.370 e. The van der Waals surface area contributed by atoms with E-state index in [0.717, 1.165) is 31.0 Å². The molecule has 0 aliphatic carbocycles. The zero-order chi connectivity index (χ0) is 17.3. The average Bonchev–Trinajstić information content (AvgIpc) is 3.15. The molecule has 1 aromatic rings. The molecular weight excluding hydrogens is 323 g/mol. The van der Waals surface area contributed by atoms with E-state index < -0.39 is 18.5 Å². The summed E-state index contributed by atoms with van der Waals surface area (Å²) in [6.07, 6.45) is -0.756. The fraction of sp³-hybridized carbons (Fsp3) is 0.750. The van der Waals surface area contributed by atoms with E-state index in [1.165, 1.54) is 4.90 Å². The molecule has 24 heavy (non-hydrogen) atoms. The molecule has 2 aliphatic rings. The highest BCUT2D eigenvalue weighted by molar-refractivity contribution is 5.76. The van der Waals surface area contributed by atoms with Gasteiger partial charge in [0.25, 0.3) is 0 Å². The van der Waals surface area contributed by atoms with Gasteiger partial charge in [0.05, 0.1) is 0 Å². The van der Waals surface area contributed by atoms with E-state index in [2.05, 4.69) is 9.55 Å². The van der Waals surface area contributed by atoms with E-state index in [1.807, 2.05) is 13.1 Å². The van der Waals surface area contributed by atoms with Crippen LogP contribution in [0.25, 0.3) is 0 Å². The Labute approximate surface area is 138 Å². The number of alkyl halides is 3. The Morgan fingerprint density at radius 3 is 2.62 bits per heavy atom. The zero-order valence-electron chi connectivity index (χ0n) is 13.7. The van der Waals surface area contributed by atoms with Crippen LogP contribution in [0.3, 0.4) is 0 Å². The van der Waals surface area contributed by atoms with Gasteiger partial charge in [-0.2, -0.15) is 13.2 Å². The van der Waals surface area contributed by atoms with Gasteiger partial charge in [-0.3, -0.25) is 4.79 Å². The van der Waals surface area contributed by atoms with Gasteiger partial charge in [0.1, 0.15) is 18.3 Å². The van der Waals surface area contributed by atoms with Crippen molar-refractivity contribution < 1.29 is 22.7 Å². The fourth-order valence-corrected chi connectivity index (χ4v) is 3.62. The Balaban J connectivity index is 1.65. The van der Waals surface area contributed by atoms with Crippen LogP contribution in [0, 0.1) is 6.92 Å². The molecule has 134 valence electrons. The Hall–Kier alpha value is -1.57. The van der Waals surface area contributed by atoms with Crippen molar-refractivity contribution in [2.45, 2.75) is 57.3 Å². The van der Waals surface area contributed by atoms with Crippen molar-refractivity contribution in [1.29, 1.82) is 0 Å². The first-order valence-corrected chi connectivity index (χ1v) is 8.35. The standard InChI is InChI=1S/C16H22F3N3O2/c1-11-10-20-15(13-3-2-8-24-13)22(11)12-4-6-21(7-5-12)14(23)9-16(17,18)19/h10,12-13H,2-9H2,1H3. The van der Waals surface area contributed by atoms with Crippen molar-refractivity contribution >= 4 is 5.91 Å². The molecule has 8 heteroatoms. The number of piperidine rings is 1. The van der Waals surface area contributed by atoms with E-state index in [1.54, 1.807) is 0 Å². The van der Waals surface area contributed by atoms with Crippen LogP contribution in [-0.2, 0) is 9.53 Å². The number of halogens is 3. The summed E-state index contributed by atoms with van der Waals surface area (Å²) in [5.74, 6) is 0.0766. The number of imidazole rings is 1. The highest BCUT2D eigenvalue weighted by Gasteiger charge is 2.35. The highest BCUT2D eigenvalue weighted by Crippen LogP contribution is 2.33. The first-order valence-electron chi connectivity index (χ1n) is 8.35. The molecule has 2 saturated heterocycles. The van der Waals surface area contributed by atoms with Gasteiger partial charge < -0.3 is 14.2 Å². The number of likely N-dealkylation sites (tertiary alicyclic amines) is 1. The van der Waals surface area contributed by atoms with Crippen molar-refractivity contribution in [2.24, 2.45) is 0 Å². The van der Waals surface area contributed by atoms with Crippen LogP contribution in [-0.4, -0.2) is 46.2 Å². The fourth-order valence-electron chi connectivity index (χ4n) is 3.62. The number of carbonyl (C=O) groups excluding carboxylic acids is 1. The Morgan fingerprint density at radius 2 is 2.04 bits per heavy atom. The highest BCUT2D eigenvalue weighted by atomic mass is 19.4. The third kappa shape index (κ3) is 3.74. The summed E-state index contributed by atoms with van der Waals surface area (Å²) in [4.78, 5) is 17.5. The maximum atomic E-state index is 12.4. The molecule has 0 radical (unpaired) electrons. The third-order valence-corrected chi connectivity index (χ3v) is 4.76. The molecule has 1 aromatic heterocycles. The molecule has 1 atom stereocenters. The molecule has 5 nitrogen and oxygen atoms in total. The molecule has 1 unspecified atom stereocenters. The number of hydrogen-bond acceptors (Lipinski definition) is 3. The average molecular weight is 345 g/mol. The SMILES string of the molecule is Cc1cnc(C2CCCO2)n1C1CCN(C(=O)CC(F)(F)F)CC1. The van der Waals surface area contributed by atoms with Crippen molar-refractivity contribution in [3.63, 3.8) is 0 Å². The lowest BCUT2D eigenvalue weighted by molar-refractivity contribution is -0.162. The summed E-state index contributed by atoms with van der Waals surface area (Å²) >= 11 is 0. The van der Waals surface area contributed by atoms with Crippen LogP contribution in [0.2, 0.25) is 0 Å². The van der Waals surface area contributed by atoms with Crippen molar-refractivity contribution in [2.75, 3.05) is 19.7 Å². The quantitative estimate of drug-likeness (QED) is 0.845. The molecule has 1 amide bonds. The van der Waals surface area contributed by atoms with Crippen molar-refractivity contribution in [3.05, 3.63) is 17.7 Å². The topological polar surface area (TPSA) is 47.4 Å². The van der Waals surface area contributed by atoms with Crippen LogP contribution >= 0.6 is 0 Å². The number of rotatable bonds is 3. The molecule has 3 heterocycles. The van der Waals surface area contributed by atoms with Crippen molar-refractivity contribution in [3.8, 4) is 0 Å². The van der Waals surface area contributed by atoms with Gasteiger partial charge in [-0.05, 0) is 32.6 Å². The minimum Gasteiger partial charge on any atom is -0.370 e. The van der Waals surface area contributed by atoms with Crippen LogP contribution in [0.1, 0.15) is 55.8 Å². The van der Waals surface area contributed by atoms with Crippen molar-refractivity contribution in [1.82, 2.24) is 14.5 Å². The van der Waals surface area contributed by atoms with E-state index in [-0.39, 0.29) is 12.1 Å². The van der Waals surface area contributed by atoms with Gasteiger partial charge >= 0.3 is 6.18 Å². The van der Waals surface area contributed by atoms with E-state index in [0.29, 0.717) is 25.9 Å². The van der Waals surface area contributed by atoms with Crippen LogP contribution in [0.5, 0.6) is 0 Å². The third-order valence-electron chi connectivity index (χ3n) is 4.76. The van der Waals surface area contributed by atoms with E-state index >= 15 is 0 Å². The molecule has 0 aromatic carbocycles. The van der Waals surface area contributed by atoms with Gasteiger partial charge in [0.2, 0.25) is 5.91 Å². The lowest BCUT2D eigenvalue weighted by Gasteiger charge is -2.34. The van der Waals surface area contributed by atoms with E-state index in [9.17, 15) is 18.0 Å². The second-order valence-corrected chi connectivity index (χ2v) is 6.53. The first kappa shape index (κ1) is 17.3. The summed E-state index contributed by atoms with van der Waals surface area (Å²) in [6, 6.07) is 0.154. The van der Waals surface area contributed by atoms with Gasteiger partial charge in [-0.25, -0.2) is 4.98 Å². The Bertz CT molecular complexity index is 586. The number of carbonyl (C=O) groups is 1. The summed E-state index contributed by atoms with van der Waals surface area (Å²) < 4.78 is 45.0. The summed E-state index contributed by atoms with van der Waals surface area (Å²) in [5.41, 5.74) is 1.03. The number of amides is 1. The molecular formula is C16H22F3N3O2. The lowest BCUT2D eigenvalue weighted by Crippen LogP contribution is -2.41. The predicted octanol–water partition coefficient (Wildman–Crippen LogP) is 3.16. The lowest BCUT2D eigenvalue weighted by atomic mass is 10.0. The van der Waals surface area contributed by atoms with E-state index in [4.69, 9.17) is 4.74 Å². The maximum absolute atomic E-state index is 12.4. The molecule has 0 saturated carbocycles. The minimum absolute atomic E-state index is 0.00332. The summed E-state index contributed by atoms with van der Waals surface area (Å²) in [6.45, 7) is 3.41. The second-order valence-electron chi connectivity index (χ2n) is 6.53. The number of aryl methyl sites for hydroxylation is 1. The Morgan fingerprint density at radius 1 is 1.33 bits per heavy atom. The van der Waals surface area contributed by atoms with Gasteiger partial charge in [-0.15, -0.1) is 0 Å². The van der Waals surface area contributed by atoms with Gasteiger partial charge in [-0.1, -0.05) is 0 Å². The maximum Gasteiger partial charge on any atom is 0.397 e. The number of aromatic nitrogens is 2. The monoisotopic (exact) mass is 345 g/mol. The molecule has 2 fully saturated rings. The second kappa shape index (κ2) is 6.74. The number of hydrogen-bond donors (Lipinski definition) is 0.